The molecule has 0 amide bonds. The van der Waals surface area contributed by atoms with Gasteiger partial charge in [0, 0.05) is 37.6 Å². The van der Waals surface area contributed by atoms with Crippen molar-refractivity contribution in [3.05, 3.63) is 24.5 Å². The van der Waals surface area contributed by atoms with Crippen LogP contribution in [0.5, 0.6) is 0 Å². The van der Waals surface area contributed by atoms with Gasteiger partial charge in [0.15, 0.2) is 0 Å². The summed E-state index contributed by atoms with van der Waals surface area (Å²) in [5, 5.41) is 6.44. The minimum Gasteiger partial charge on any atom is -0.251 e. The molecule has 1 N–H and O–H groups in total. The lowest BCUT2D eigenvalue weighted by molar-refractivity contribution is 0.151. The van der Waals surface area contributed by atoms with Crippen molar-refractivity contribution in [2.45, 2.75) is 25.8 Å². The number of hydrogen-bond acceptors (Lipinski definition) is 3. The number of hydrogen-bond donors (Lipinski definition) is 1. The third kappa shape index (κ3) is 2.91. The van der Waals surface area contributed by atoms with E-state index in [1.165, 1.54) is 24.8 Å². The third-order valence-electron chi connectivity index (χ3n) is 2.70. The summed E-state index contributed by atoms with van der Waals surface area (Å²) in [5.41, 5.74) is 4.62. The average Bonchev–Trinajstić information content (AvgIpc) is 2.76. The molecule has 1 aliphatic heterocycles. The Labute approximate surface area is 90.5 Å². The van der Waals surface area contributed by atoms with Crippen LogP contribution in [0.25, 0.3) is 6.20 Å². The fourth-order valence-electron chi connectivity index (χ4n) is 1.82. The molecule has 0 bridgehead atoms. The highest BCUT2D eigenvalue weighted by atomic mass is 15.5. The molecule has 2 rings (SSSR count). The Morgan fingerprint density at radius 1 is 1.40 bits per heavy atom. The molecule has 2 heterocycles. The number of hydrazine groups is 1. The highest BCUT2D eigenvalue weighted by Crippen LogP contribution is 2.06. The molecule has 82 valence electrons. The van der Waals surface area contributed by atoms with E-state index < -0.39 is 0 Å². The van der Waals surface area contributed by atoms with Crippen LogP contribution < -0.4 is 5.43 Å². The molecule has 15 heavy (non-hydrogen) atoms. The molecule has 1 aliphatic rings. The quantitative estimate of drug-likeness (QED) is 0.810. The van der Waals surface area contributed by atoms with E-state index in [1.807, 2.05) is 12.4 Å². The molecule has 0 radical (unpaired) electrons. The van der Waals surface area contributed by atoms with Gasteiger partial charge in [0.1, 0.15) is 0 Å². The summed E-state index contributed by atoms with van der Waals surface area (Å²) in [7, 11) is 0. The first-order chi connectivity index (χ1) is 7.38. The van der Waals surface area contributed by atoms with Crippen LogP contribution in [-0.2, 0) is 6.54 Å². The second-order valence-electron chi connectivity index (χ2n) is 3.89. The molecule has 1 aromatic heterocycles. The van der Waals surface area contributed by atoms with Crippen molar-refractivity contribution < 1.29 is 0 Å². The largest absolute Gasteiger partial charge is 0.251 e. The Morgan fingerprint density at radius 3 is 2.87 bits per heavy atom. The van der Waals surface area contributed by atoms with Gasteiger partial charge in [-0.15, -0.1) is 0 Å². The van der Waals surface area contributed by atoms with Gasteiger partial charge in [-0.25, -0.2) is 9.69 Å². The van der Waals surface area contributed by atoms with Crippen LogP contribution in [0, 0.1) is 0 Å². The molecular weight excluding hydrogens is 188 g/mol. The first kappa shape index (κ1) is 10.4. The standard InChI is InChI=1S/C11H18N4/c1-2-14-10-11(8-12-14)9-13-15-6-4-3-5-7-15/h2,8,10,13H,1,3-7,9H2. The maximum atomic E-state index is 4.14. The summed E-state index contributed by atoms with van der Waals surface area (Å²) in [5.74, 6) is 0. The summed E-state index contributed by atoms with van der Waals surface area (Å²) in [6.07, 6.45) is 9.54. The fourth-order valence-corrected chi connectivity index (χ4v) is 1.82. The third-order valence-corrected chi connectivity index (χ3v) is 2.70. The normalized spacial score (nSPS) is 17.9. The van der Waals surface area contributed by atoms with Crippen molar-refractivity contribution in [1.29, 1.82) is 0 Å². The van der Waals surface area contributed by atoms with E-state index in [0.29, 0.717) is 0 Å². The van der Waals surface area contributed by atoms with Gasteiger partial charge >= 0.3 is 0 Å². The highest BCUT2D eigenvalue weighted by molar-refractivity contribution is 5.17. The average molecular weight is 206 g/mol. The minimum absolute atomic E-state index is 0.855. The van der Waals surface area contributed by atoms with Gasteiger partial charge < -0.3 is 0 Å². The van der Waals surface area contributed by atoms with Crippen molar-refractivity contribution in [2.75, 3.05) is 13.1 Å². The fraction of sp³-hybridized carbons (Fsp3) is 0.545. The number of nitrogens with zero attached hydrogens (tertiary/aromatic N) is 3. The molecule has 4 nitrogen and oxygen atoms in total. The Balaban J connectivity index is 1.79. The lowest BCUT2D eigenvalue weighted by Gasteiger charge is -2.26. The first-order valence-electron chi connectivity index (χ1n) is 5.52. The molecule has 0 aliphatic carbocycles. The zero-order valence-corrected chi connectivity index (χ0v) is 9.02. The van der Waals surface area contributed by atoms with Crippen molar-refractivity contribution >= 4 is 6.20 Å². The highest BCUT2D eigenvalue weighted by Gasteiger charge is 2.09. The summed E-state index contributed by atoms with van der Waals surface area (Å²) in [6.45, 7) is 6.84. The lowest BCUT2D eigenvalue weighted by Crippen LogP contribution is -2.41. The predicted octanol–water partition coefficient (Wildman–Crippen LogP) is 1.47. The monoisotopic (exact) mass is 206 g/mol. The summed E-state index contributed by atoms with van der Waals surface area (Å²) in [6, 6.07) is 0. The van der Waals surface area contributed by atoms with Crippen LogP contribution in [0.2, 0.25) is 0 Å². The predicted molar refractivity (Wildman–Crippen MR) is 60.9 cm³/mol. The maximum absolute atomic E-state index is 4.14. The topological polar surface area (TPSA) is 33.1 Å². The van der Waals surface area contributed by atoms with Crippen molar-refractivity contribution in [1.82, 2.24) is 20.2 Å². The van der Waals surface area contributed by atoms with Crippen LogP contribution in [0.15, 0.2) is 19.0 Å². The summed E-state index contributed by atoms with van der Waals surface area (Å²) < 4.78 is 1.73. The van der Waals surface area contributed by atoms with Crippen molar-refractivity contribution in [2.24, 2.45) is 0 Å². The van der Waals surface area contributed by atoms with Crippen molar-refractivity contribution in [3.8, 4) is 0 Å². The van der Waals surface area contributed by atoms with Gasteiger partial charge in [0.05, 0.1) is 6.20 Å². The van der Waals surface area contributed by atoms with Gasteiger partial charge in [-0.05, 0) is 12.8 Å². The van der Waals surface area contributed by atoms with Crippen LogP contribution in [0.3, 0.4) is 0 Å². The second kappa shape index (κ2) is 5.09. The van der Waals surface area contributed by atoms with E-state index in [4.69, 9.17) is 0 Å². The molecule has 0 unspecified atom stereocenters. The smallest absolute Gasteiger partial charge is 0.0539 e. The van der Waals surface area contributed by atoms with E-state index in [0.717, 1.165) is 19.6 Å². The maximum Gasteiger partial charge on any atom is 0.0539 e. The van der Waals surface area contributed by atoms with Crippen LogP contribution in [0.4, 0.5) is 0 Å². The van der Waals surface area contributed by atoms with E-state index in [-0.39, 0.29) is 0 Å². The number of nitrogens with one attached hydrogen (secondary N) is 1. The Kier molecular flexibility index (Phi) is 3.53. The molecular formula is C11H18N4. The van der Waals surface area contributed by atoms with E-state index in [9.17, 15) is 0 Å². The van der Waals surface area contributed by atoms with Crippen LogP contribution in [-0.4, -0.2) is 27.9 Å². The van der Waals surface area contributed by atoms with E-state index in [2.05, 4.69) is 22.1 Å². The van der Waals surface area contributed by atoms with Gasteiger partial charge in [0.2, 0.25) is 0 Å². The van der Waals surface area contributed by atoms with Gasteiger partial charge in [-0.1, -0.05) is 13.0 Å². The summed E-state index contributed by atoms with van der Waals surface area (Å²) in [4.78, 5) is 0. The van der Waals surface area contributed by atoms with Gasteiger partial charge in [-0.3, -0.25) is 5.43 Å². The Bertz CT molecular complexity index is 312. The Hall–Kier alpha value is -1.13. The van der Waals surface area contributed by atoms with E-state index in [1.54, 1.807) is 10.9 Å². The molecule has 1 saturated heterocycles. The second-order valence-corrected chi connectivity index (χ2v) is 3.89. The zero-order valence-electron chi connectivity index (χ0n) is 9.02. The molecule has 0 aromatic carbocycles. The molecule has 0 atom stereocenters. The number of aromatic nitrogens is 2. The van der Waals surface area contributed by atoms with Crippen LogP contribution >= 0.6 is 0 Å². The first-order valence-corrected chi connectivity index (χ1v) is 5.52. The number of piperidine rings is 1. The van der Waals surface area contributed by atoms with Crippen molar-refractivity contribution in [3.63, 3.8) is 0 Å². The molecule has 1 fully saturated rings. The minimum atomic E-state index is 0.855. The summed E-state index contributed by atoms with van der Waals surface area (Å²) >= 11 is 0. The molecule has 0 saturated carbocycles. The van der Waals surface area contributed by atoms with E-state index >= 15 is 0 Å². The molecule has 0 spiro atoms. The van der Waals surface area contributed by atoms with Gasteiger partial charge in [0.25, 0.3) is 0 Å². The SMILES string of the molecule is C=Cn1cc(CNN2CCCCC2)cn1. The Morgan fingerprint density at radius 2 is 2.20 bits per heavy atom. The number of rotatable bonds is 4. The van der Waals surface area contributed by atoms with Crippen LogP contribution in [0.1, 0.15) is 24.8 Å². The lowest BCUT2D eigenvalue weighted by atomic mass is 10.2. The molecule has 1 aromatic rings. The molecule has 4 heteroatoms. The van der Waals surface area contributed by atoms with Gasteiger partial charge in [-0.2, -0.15) is 5.10 Å². The zero-order chi connectivity index (χ0) is 10.5.